The Kier molecular flexibility index (Phi) is 4.73. The zero-order chi connectivity index (χ0) is 13.8. The predicted molar refractivity (Wildman–Crippen MR) is 79.5 cm³/mol. The number of aromatic nitrogens is 2. The van der Waals surface area contributed by atoms with E-state index in [1.807, 2.05) is 13.8 Å². The highest BCUT2D eigenvalue weighted by Crippen LogP contribution is 2.32. The molecule has 7 heteroatoms. The smallest absolute Gasteiger partial charge is 0.233 e. The normalized spacial score (nSPS) is 12.6. The molecule has 1 amide bonds. The van der Waals surface area contributed by atoms with Crippen LogP contribution in [0.1, 0.15) is 11.8 Å². The molecule has 1 unspecified atom stereocenters. The monoisotopic (exact) mass is 296 g/mol. The SMILES string of the molecule is Cc1cc2c(SC(C)C(=O)NCCN)ncnc2s1. The van der Waals surface area contributed by atoms with Crippen molar-refractivity contribution in [2.45, 2.75) is 24.1 Å². The second-order valence-electron chi connectivity index (χ2n) is 4.09. The Labute approximate surface area is 120 Å². The average Bonchev–Trinajstić information content (AvgIpc) is 2.77. The summed E-state index contributed by atoms with van der Waals surface area (Å²) in [6.45, 7) is 4.85. The zero-order valence-corrected chi connectivity index (χ0v) is 12.5. The number of nitrogens with one attached hydrogen (secondary N) is 1. The first-order chi connectivity index (χ1) is 9.11. The topological polar surface area (TPSA) is 80.9 Å². The third-order valence-corrected chi connectivity index (χ3v) is 4.59. The fourth-order valence-electron chi connectivity index (χ4n) is 1.61. The average molecular weight is 296 g/mol. The van der Waals surface area contributed by atoms with Gasteiger partial charge in [-0.1, -0.05) is 11.8 Å². The number of hydrogen-bond acceptors (Lipinski definition) is 6. The van der Waals surface area contributed by atoms with Crippen molar-refractivity contribution >= 4 is 39.2 Å². The fraction of sp³-hybridized carbons (Fsp3) is 0.417. The van der Waals surface area contributed by atoms with Crippen molar-refractivity contribution in [2.24, 2.45) is 5.73 Å². The third kappa shape index (κ3) is 3.43. The van der Waals surface area contributed by atoms with E-state index < -0.39 is 0 Å². The number of amides is 1. The van der Waals surface area contributed by atoms with Crippen LogP contribution in [0.25, 0.3) is 10.2 Å². The number of thioether (sulfide) groups is 1. The summed E-state index contributed by atoms with van der Waals surface area (Å²) in [6.07, 6.45) is 1.55. The predicted octanol–water partition coefficient (Wildman–Crippen LogP) is 1.56. The van der Waals surface area contributed by atoms with Crippen LogP contribution in [0.4, 0.5) is 0 Å². The molecule has 0 aliphatic heterocycles. The standard InChI is InChI=1S/C12H16N4OS2/c1-7-5-9-11(18-7)15-6-16-12(9)19-8(2)10(17)14-4-3-13/h5-6,8H,3-4,13H2,1-2H3,(H,14,17). The number of hydrogen-bond donors (Lipinski definition) is 2. The van der Waals surface area contributed by atoms with E-state index >= 15 is 0 Å². The molecule has 1 atom stereocenters. The van der Waals surface area contributed by atoms with E-state index in [-0.39, 0.29) is 11.2 Å². The van der Waals surface area contributed by atoms with Crippen LogP contribution < -0.4 is 11.1 Å². The molecule has 0 aliphatic carbocycles. The van der Waals surface area contributed by atoms with Crippen molar-refractivity contribution in [3.63, 3.8) is 0 Å². The number of nitrogens with zero attached hydrogens (tertiary/aromatic N) is 2. The van der Waals surface area contributed by atoms with Crippen LogP contribution >= 0.6 is 23.1 Å². The Bertz CT molecular complexity index is 584. The van der Waals surface area contributed by atoms with Gasteiger partial charge in [-0.05, 0) is 19.9 Å². The van der Waals surface area contributed by atoms with Gasteiger partial charge in [0.25, 0.3) is 0 Å². The maximum Gasteiger partial charge on any atom is 0.233 e. The van der Waals surface area contributed by atoms with Gasteiger partial charge < -0.3 is 11.1 Å². The molecule has 0 spiro atoms. The van der Waals surface area contributed by atoms with Gasteiger partial charge in [0.1, 0.15) is 16.2 Å². The van der Waals surface area contributed by atoms with Crippen molar-refractivity contribution in [2.75, 3.05) is 13.1 Å². The van der Waals surface area contributed by atoms with Crippen molar-refractivity contribution < 1.29 is 4.79 Å². The molecule has 2 aromatic rings. The van der Waals surface area contributed by atoms with Crippen molar-refractivity contribution in [1.29, 1.82) is 0 Å². The Morgan fingerprint density at radius 1 is 1.58 bits per heavy atom. The molecule has 0 aromatic carbocycles. The molecular weight excluding hydrogens is 280 g/mol. The molecule has 19 heavy (non-hydrogen) atoms. The molecule has 0 fully saturated rings. The molecule has 0 bridgehead atoms. The van der Waals surface area contributed by atoms with Crippen LogP contribution in [0.15, 0.2) is 17.4 Å². The van der Waals surface area contributed by atoms with E-state index in [9.17, 15) is 4.79 Å². The number of aryl methyl sites for hydroxylation is 1. The molecule has 5 nitrogen and oxygen atoms in total. The number of thiophene rings is 1. The molecular formula is C12H16N4OS2. The van der Waals surface area contributed by atoms with E-state index in [2.05, 4.69) is 21.4 Å². The second kappa shape index (κ2) is 6.31. The van der Waals surface area contributed by atoms with Crippen LogP contribution in [0, 0.1) is 6.92 Å². The first kappa shape index (κ1) is 14.2. The highest BCUT2D eigenvalue weighted by molar-refractivity contribution is 8.00. The third-order valence-electron chi connectivity index (χ3n) is 2.52. The van der Waals surface area contributed by atoms with Gasteiger partial charge in [0.2, 0.25) is 5.91 Å². The van der Waals surface area contributed by atoms with Gasteiger partial charge in [-0.15, -0.1) is 11.3 Å². The minimum atomic E-state index is -0.204. The van der Waals surface area contributed by atoms with Gasteiger partial charge >= 0.3 is 0 Å². The highest BCUT2D eigenvalue weighted by atomic mass is 32.2. The molecule has 2 rings (SSSR count). The molecule has 0 saturated heterocycles. The van der Waals surface area contributed by atoms with Crippen LogP contribution in [0.3, 0.4) is 0 Å². The van der Waals surface area contributed by atoms with E-state index in [0.29, 0.717) is 13.1 Å². The van der Waals surface area contributed by atoms with Gasteiger partial charge in [0.15, 0.2) is 0 Å². The minimum absolute atomic E-state index is 0.0193. The maximum atomic E-state index is 11.8. The van der Waals surface area contributed by atoms with Crippen LogP contribution in [-0.2, 0) is 4.79 Å². The summed E-state index contributed by atoms with van der Waals surface area (Å²) < 4.78 is 0. The molecule has 0 saturated carbocycles. The Balaban J connectivity index is 2.14. The lowest BCUT2D eigenvalue weighted by Crippen LogP contribution is -2.34. The summed E-state index contributed by atoms with van der Waals surface area (Å²) in [6, 6.07) is 2.06. The summed E-state index contributed by atoms with van der Waals surface area (Å²) in [4.78, 5) is 22.5. The van der Waals surface area contributed by atoms with Gasteiger partial charge in [0, 0.05) is 23.4 Å². The minimum Gasteiger partial charge on any atom is -0.354 e. The van der Waals surface area contributed by atoms with Crippen molar-refractivity contribution in [3.05, 3.63) is 17.3 Å². The fourth-order valence-corrected chi connectivity index (χ4v) is 3.44. The second-order valence-corrected chi connectivity index (χ2v) is 6.66. The summed E-state index contributed by atoms with van der Waals surface area (Å²) in [5.41, 5.74) is 5.37. The van der Waals surface area contributed by atoms with Crippen molar-refractivity contribution in [3.8, 4) is 0 Å². The number of nitrogens with two attached hydrogens (primary N) is 1. The molecule has 0 radical (unpaired) electrons. The van der Waals surface area contributed by atoms with E-state index in [4.69, 9.17) is 5.73 Å². The lowest BCUT2D eigenvalue weighted by molar-refractivity contribution is -0.120. The summed E-state index contributed by atoms with van der Waals surface area (Å²) in [5.74, 6) is -0.0193. The number of fused-ring (bicyclic) bond motifs is 1. The molecule has 2 aromatic heterocycles. The number of carbonyl (C=O) groups excluding carboxylic acids is 1. The number of rotatable bonds is 5. The lowest BCUT2D eigenvalue weighted by Gasteiger charge is -2.11. The summed E-state index contributed by atoms with van der Waals surface area (Å²) in [7, 11) is 0. The molecule has 2 heterocycles. The van der Waals surface area contributed by atoms with E-state index in [0.717, 1.165) is 15.2 Å². The molecule has 0 aliphatic rings. The van der Waals surface area contributed by atoms with Crippen molar-refractivity contribution in [1.82, 2.24) is 15.3 Å². The largest absolute Gasteiger partial charge is 0.354 e. The molecule has 3 N–H and O–H groups in total. The van der Waals surface area contributed by atoms with Crippen LogP contribution in [0.5, 0.6) is 0 Å². The molecule has 102 valence electrons. The first-order valence-corrected chi connectivity index (χ1v) is 7.67. The Morgan fingerprint density at radius 2 is 2.37 bits per heavy atom. The highest BCUT2D eigenvalue weighted by Gasteiger charge is 2.17. The van der Waals surface area contributed by atoms with Gasteiger partial charge in [-0.3, -0.25) is 4.79 Å². The maximum absolute atomic E-state index is 11.8. The van der Waals surface area contributed by atoms with Gasteiger partial charge in [0.05, 0.1) is 5.25 Å². The van der Waals surface area contributed by atoms with Gasteiger partial charge in [-0.2, -0.15) is 0 Å². The zero-order valence-electron chi connectivity index (χ0n) is 10.8. The quantitative estimate of drug-likeness (QED) is 0.646. The van der Waals surface area contributed by atoms with E-state index in [1.54, 1.807) is 17.7 Å². The summed E-state index contributed by atoms with van der Waals surface area (Å²) >= 11 is 3.08. The Morgan fingerprint density at radius 3 is 3.11 bits per heavy atom. The summed E-state index contributed by atoms with van der Waals surface area (Å²) in [5, 5.41) is 4.45. The Hall–Kier alpha value is -1.18. The number of carbonyl (C=O) groups is 1. The lowest BCUT2D eigenvalue weighted by atomic mass is 10.4. The van der Waals surface area contributed by atoms with E-state index in [1.165, 1.54) is 16.6 Å². The van der Waals surface area contributed by atoms with Crippen LogP contribution in [0.2, 0.25) is 0 Å². The van der Waals surface area contributed by atoms with Crippen LogP contribution in [-0.4, -0.2) is 34.2 Å². The first-order valence-electron chi connectivity index (χ1n) is 5.97. The van der Waals surface area contributed by atoms with Gasteiger partial charge in [-0.25, -0.2) is 9.97 Å².